The lowest BCUT2D eigenvalue weighted by atomic mass is 9.99. The molecule has 0 radical (unpaired) electrons. The van der Waals surface area contributed by atoms with E-state index in [1.54, 1.807) is 25.1 Å². The van der Waals surface area contributed by atoms with E-state index in [2.05, 4.69) is 16.0 Å². The number of carbonyl (C=O) groups excluding carboxylic acids is 2. The van der Waals surface area contributed by atoms with E-state index in [0.29, 0.717) is 0 Å². The largest absolute Gasteiger partial charge is 0.348 e. The van der Waals surface area contributed by atoms with Crippen molar-refractivity contribution in [3.63, 3.8) is 0 Å². The molecule has 0 aliphatic rings. The van der Waals surface area contributed by atoms with Gasteiger partial charge in [-0.15, -0.1) is 0 Å². The number of hydrogen-bond donors (Lipinski definition) is 3. The Morgan fingerprint density at radius 2 is 1.29 bits per heavy atom. The fourth-order valence-electron chi connectivity index (χ4n) is 3.14. The van der Waals surface area contributed by atoms with Crippen LogP contribution < -0.4 is 16.0 Å². The third kappa shape index (κ3) is 6.23. The van der Waals surface area contributed by atoms with Crippen LogP contribution in [0.5, 0.6) is 0 Å². The van der Waals surface area contributed by atoms with Crippen LogP contribution >= 0.6 is 23.2 Å². The SMILES string of the molecule is CC(CNC(=O)NC(c1ccccc1)c1ccccc1)NC(=O)c1c(Cl)cccc1Cl. The summed E-state index contributed by atoms with van der Waals surface area (Å²) in [6, 6.07) is 23.4. The molecule has 160 valence electrons. The molecule has 0 aromatic heterocycles. The van der Waals surface area contributed by atoms with Gasteiger partial charge in [-0.05, 0) is 30.2 Å². The zero-order valence-corrected chi connectivity index (χ0v) is 18.5. The first-order valence-corrected chi connectivity index (χ1v) is 10.6. The first-order chi connectivity index (χ1) is 15.0. The van der Waals surface area contributed by atoms with E-state index in [-0.39, 0.29) is 40.3 Å². The van der Waals surface area contributed by atoms with Gasteiger partial charge in [0.15, 0.2) is 0 Å². The molecule has 3 aromatic rings. The van der Waals surface area contributed by atoms with Crippen molar-refractivity contribution in [1.82, 2.24) is 16.0 Å². The predicted molar refractivity (Wildman–Crippen MR) is 125 cm³/mol. The van der Waals surface area contributed by atoms with Gasteiger partial charge in [-0.1, -0.05) is 89.9 Å². The van der Waals surface area contributed by atoms with E-state index >= 15 is 0 Å². The second kappa shape index (κ2) is 10.8. The van der Waals surface area contributed by atoms with Gasteiger partial charge in [0, 0.05) is 12.6 Å². The summed E-state index contributed by atoms with van der Waals surface area (Å²) in [5, 5.41) is 9.16. The van der Waals surface area contributed by atoms with Crippen LogP contribution in [0.25, 0.3) is 0 Å². The van der Waals surface area contributed by atoms with Crippen molar-refractivity contribution >= 4 is 35.1 Å². The maximum Gasteiger partial charge on any atom is 0.315 e. The van der Waals surface area contributed by atoms with E-state index in [0.717, 1.165) is 11.1 Å². The van der Waals surface area contributed by atoms with Crippen molar-refractivity contribution in [2.24, 2.45) is 0 Å². The predicted octanol–water partition coefficient (Wildman–Crippen LogP) is 5.20. The minimum atomic E-state index is -0.392. The highest BCUT2D eigenvalue weighted by Gasteiger charge is 2.19. The van der Waals surface area contributed by atoms with Crippen molar-refractivity contribution in [2.75, 3.05) is 6.54 Å². The number of hydrogen-bond acceptors (Lipinski definition) is 2. The van der Waals surface area contributed by atoms with E-state index < -0.39 is 5.91 Å². The summed E-state index contributed by atoms with van der Waals surface area (Å²) < 4.78 is 0. The number of benzene rings is 3. The Morgan fingerprint density at radius 3 is 1.81 bits per heavy atom. The van der Waals surface area contributed by atoms with Crippen molar-refractivity contribution < 1.29 is 9.59 Å². The number of halogens is 2. The van der Waals surface area contributed by atoms with Gasteiger partial charge in [0.05, 0.1) is 21.7 Å². The molecule has 0 aliphatic carbocycles. The zero-order chi connectivity index (χ0) is 22.2. The number of nitrogens with one attached hydrogen (secondary N) is 3. The summed E-state index contributed by atoms with van der Waals surface area (Å²) in [5.74, 6) is -0.392. The zero-order valence-electron chi connectivity index (χ0n) is 16.9. The number of urea groups is 1. The van der Waals surface area contributed by atoms with Crippen LogP contribution in [0.4, 0.5) is 4.79 Å². The van der Waals surface area contributed by atoms with E-state index in [4.69, 9.17) is 23.2 Å². The summed E-state index contributed by atoms with van der Waals surface area (Å²) in [6.07, 6.45) is 0. The molecule has 0 bridgehead atoms. The van der Waals surface area contributed by atoms with Gasteiger partial charge >= 0.3 is 6.03 Å². The van der Waals surface area contributed by atoms with Crippen LogP contribution in [0.15, 0.2) is 78.9 Å². The lowest BCUT2D eigenvalue weighted by molar-refractivity contribution is 0.0940. The highest BCUT2D eigenvalue weighted by atomic mass is 35.5. The topological polar surface area (TPSA) is 70.2 Å². The van der Waals surface area contributed by atoms with Crippen LogP contribution in [-0.2, 0) is 0 Å². The summed E-state index contributed by atoms with van der Waals surface area (Å²) in [4.78, 5) is 25.1. The molecular weight excluding hydrogens is 433 g/mol. The molecule has 31 heavy (non-hydrogen) atoms. The van der Waals surface area contributed by atoms with Gasteiger partial charge in [0.25, 0.3) is 5.91 Å². The Labute approximate surface area is 191 Å². The molecule has 1 atom stereocenters. The fraction of sp³-hybridized carbons (Fsp3) is 0.167. The van der Waals surface area contributed by atoms with Crippen molar-refractivity contribution in [3.8, 4) is 0 Å². The summed E-state index contributed by atoms with van der Waals surface area (Å²) in [6.45, 7) is 2.02. The summed E-state index contributed by atoms with van der Waals surface area (Å²) in [7, 11) is 0. The van der Waals surface area contributed by atoms with E-state index in [1.165, 1.54) is 0 Å². The average Bonchev–Trinajstić information content (AvgIpc) is 2.77. The fourth-order valence-corrected chi connectivity index (χ4v) is 3.71. The quantitative estimate of drug-likeness (QED) is 0.458. The van der Waals surface area contributed by atoms with Gasteiger partial charge in [-0.25, -0.2) is 4.79 Å². The number of amides is 3. The molecule has 7 heteroatoms. The molecule has 0 saturated heterocycles. The first kappa shape index (κ1) is 22.7. The Balaban J connectivity index is 1.59. The molecule has 0 heterocycles. The molecule has 5 nitrogen and oxygen atoms in total. The summed E-state index contributed by atoms with van der Waals surface area (Å²) in [5.41, 5.74) is 2.16. The van der Waals surface area contributed by atoms with Gasteiger partial charge < -0.3 is 16.0 Å². The van der Waals surface area contributed by atoms with Gasteiger partial charge in [0.1, 0.15) is 0 Å². The van der Waals surface area contributed by atoms with Crippen molar-refractivity contribution in [2.45, 2.75) is 19.0 Å². The third-order valence-corrected chi connectivity index (χ3v) is 5.31. The maximum absolute atomic E-state index is 12.6. The van der Waals surface area contributed by atoms with Gasteiger partial charge in [-0.3, -0.25) is 4.79 Å². The molecule has 3 aromatic carbocycles. The Hall–Kier alpha value is -3.02. The van der Waals surface area contributed by atoms with E-state index in [9.17, 15) is 9.59 Å². The highest BCUT2D eigenvalue weighted by molar-refractivity contribution is 6.39. The molecular formula is C24H23Cl2N3O2. The van der Waals surface area contributed by atoms with Crippen LogP contribution in [-0.4, -0.2) is 24.5 Å². The molecule has 1 unspecified atom stereocenters. The summed E-state index contributed by atoms with van der Waals surface area (Å²) >= 11 is 12.2. The third-order valence-electron chi connectivity index (χ3n) is 4.68. The van der Waals surface area contributed by atoms with Crippen molar-refractivity contribution in [1.29, 1.82) is 0 Å². The smallest absolute Gasteiger partial charge is 0.315 e. The molecule has 3 amide bonds. The highest BCUT2D eigenvalue weighted by Crippen LogP contribution is 2.24. The average molecular weight is 456 g/mol. The molecule has 0 aliphatic heterocycles. The Morgan fingerprint density at radius 1 is 0.774 bits per heavy atom. The minimum absolute atomic E-state index is 0.218. The van der Waals surface area contributed by atoms with Gasteiger partial charge in [0.2, 0.25) is 0 Å². The normalized spacial score (nSPS) is 11.6. The minimum Gasteiger partial charge on any atom is -0.348 e. The van der Waals surface area contributed by atoms with Crippen LogP contribution in [0, 0.1) is 0 Å². The molecule has 0 saturated carbocycles. The lowest BCUT2D eigenvalue weighted by Crippen LogP contribution is -2.46. The second-order valence-electron chi connectivity index (χ2n) is 7.08. The van der Waals surface area contributed by atoms with E-state index in [1.807, 2.05) is 60.7 Å². The Bertz CT molecular complexity index is 970. The Kier molecular flexibility index (Phi) is 7.93. The van der Waals surface area contributed by atoms with Crippen LogP contribution in [0.3, 0.4) is 0 Å². The van der Waals surface area contributed by atoms with Crippen LogP contribution in [0.1, 0.15) is 34.5 Å². The van der Waals surface area contributed by atoms with Crippen LogP contribution in [0.2, 0.25) is 10.0 Å². The number of rotatable bonds is 7. The molecule has 3 rings (SSSR count). The molecule has 3 N–H and O–H groups in total. The maximum atomic E-state index is 12.6. The standard InChI is InChI=1S/C24H23Cl2N3O2/c1-16(28-23(30)21-19(25)13-8-14-20(21)26)15-27-24(31)29-22(17-9-4-2-5-10-17)18-11-6-3-7-12-18/h2-14,16,22H,15H2,1H3,(H,28,30)(H2,27,29,31). The second-order valence-corrected chi connectivity index (χ2v) is 7.89. The van der Waals surface area contributed by atoms with Gasteiger partial charge in [-0.2, -0.15) is 0 Å². The first-order valence-electron chi connectivity index (χ1n) is 9.85. The number of carbonyl (C=O) groups is 2. The van der Waals surface area contributed by atoms with Crippen molar-refractivity contribution in [3.05, 3.63) is 106 Å². The molecule has 0 spiro atoms. The lowest BCUT2D eigenvalue weighted by Gasteiger charge is -2.21. The molecule has 0 fully saturated rings. The monoisotopic (exact) mass is 455 g/mol.